The Morgan fingerprint density at radius 2 is 1.61 bits per heavy atom. The second-order valence-corrected chi connectivity index (χ2v) is 6.12. The zero-order valence-corrected chi connectivity index (χ0v) is 13.6. The van der Waals surface area contributed by atoms with Crippen molar-refractivity contribution in [3.63, 3.8) is 0 Å². The number of hydrogen-bond acceptors (Lipinski definition) is 4. The molecule has 6 heteroatoms. The molecule has 0 unspecified atom stereocenters. The number of aliphatic imine (C=N–C) groups is 1. The van der Waals surface area contributed by atoms with Crippen LogP contribution in [-0.2, 0) is 15.9 Å². The second kappa shape index (κ2) is 8.93. The molecule has 0 spiro atoms. The van der Waals surface area contributed by atoms with E-state index in [1.165, 1.54) is 0 Å². The van der Waals surface area contributed by atoms with E-state index in [-0.39, 0.29) is 0 Å². The van der Waals surface area contributed by atoms with Crippen molar-refractivity contribution in [2.24, 2.45) is 4.99 Å². The van der Waals surface area contributed by atoms with E-state index in [0.29, 0.717) is 12.1 Å². The van der Waals surface area contributed by atoms with Gasteiger partial charge in [0.05, 0.1) is 6.26 Å². The zero-order chi connectivity index (χ0) is 15.7. The Hall–Kier alpha value is -1.53. The lowest BCUT2D eigenvalue weighted by Gasteiger charge is -2.29. The van der Waals surface area contributed by atoms with E-state index in [9.17, 15) is 0 Å². The average Bonchev–Trinajstić information content (AvgIpc) is 3.10. The van der Waals surface area contributed by atoms with Crippen LogP contribution in [-0.4, -0.2) is 51.0 Å². The number of hydrogen-bond donors (Lipinski definition) is 2. The number of rotatable bonds is 5. The summed E-state index contributed by atoms with van der Waals surface area (Å²) in [4.78, 5) is 4.74. The van der Waals surface area contributed by atoms with E-state index in [1.54, 1.807) is 6.26 Å². The minimum absolute atomic E-state index is 0.443. The first-order chi connectivity index (χ1) is 11.4. The van der Waals surface area contributed by atoms with Crippen LogP contribution in [0.15, 0.2) is 27.8 Å². The largest absolute Gasteiger partial charge is 0.469 e. The molecule has 2 saturated heterocycles. The van der Waals surface area contributed by atoms with Crippen LogP contribution in [0.4, 0.5) is 0 Å². The minimum atomic E-state index is 0.443. The third-order valence-electron chi connectivity index (χ3n) is 4.33. The van der Waals surface area contributed by atoms with Gasteiger partial charge >= 0.3 is 0 Å². The predicted octanol–water partition coefficient (Wildman–Crippen LogP) is 1.72. The van der Waals surface area contributed by atoms with E-state index in [2.05, 4.69) is 10.6 Å². The summed E-state index contributed by atoms with van der Waals surface area (Å²) in [5, 5.41) is 7.14. The normalized spacial score (nSPS) is 20.2. The number of ether oxygens (including phenoxy) is 2. The Morgan fingerprint density at radius 1 is 1.00 bits per heavy atom. The zero-order valence-electron chi connectivity index (χ0n) is 13.6. The van der Waals surface area contributed by atoms with Gasteiger partial charge in [-0.05, 0) is 37.8 Å². The van der Waals surface area contributed by atoms with E-state index in [0.717, 1.165) is 76.8 Å². The second-order valence-electron chi connectivity index (χ2n) is 6.12. The van der Waals surface area contributed by atoms with Gasteiger partial charge in [0.15, 0.2) is 5.96 Å². The maximum Gasteiger partial charge on any atom is 0.191 e. The molecule has 2 fully saturated rings. The number of furan rings is 1. The maximum absolute atomic E-state index is 5.43. The Bertz CT molecular complexity index is 441. The van der Waals surface area contributed by atoms with Crippen LogP contribution in [0.3, 0.4) is 0 Å². The molecule has 2 aliphatic heterocycles. The van der Waals surface area contributed by atoms with Gasteiger partial charge in [-0.15, -0.1) is 0 Å². The van der Waals surface area contributed by atoms with Crippen LogP contribution < -0.4 is 10.6 Å². The van der Waals surface area contributed by atoms with Gasteiger partial charge in [0.1, 0.15) is 5.76 Å². The molecule has 23 heavy (non-hydrogen) atoms. The molecule has 0 atom stereocenters. The van der Waals surface area contributed by atoms with Gasteiger partial charge in [-0.25, -0.2) is 0 Å². The monoisotopic (exact) mass is 321 g/mol. The number of guanidine groups is 1. The van der Waals surface area contributed by atoms with Crippen LogP contribution >= 0.6 is 0 Å². The summed E-state index contributed by atoms with van der Waals surface area (Å²) in [6.07, 6.45) is 6.67. The summed E-state index contributed by atoms with van der Waals surface area (Å²) in [7, 11) is 0. The van der Waals surface area contributed by atoms with Crippen molar-refractivity contribution >= 4 is 5.96 Å². The number of nitrogens with zero attached hydrogens (tertiary/aromatic N) is 1. The van der Waals surface area contributed by atoms with Crippen molar-refractivity contribution in [1.82, 2.24) is 10.6 Å². The Morgan fingerprint density at radius 3 is 2.13 bits per heavy atom. The average molecular weight is 321 g/mol. The van der Waals surface area contributed by atoms with Gasteiger partial charge in [0.2, 0.25) is 0 Å². The highest BCUT2D eigenvalue weighted by molar-refractivity contribution is 5.80. The van der Waals surface area contributed by atoms with Gasteiger partial charge in [-0.3, -0.25) is 4.99 Å². The van der Waals surface area contributed by atoms with Crippen molar-refractivity contribution in [2.75, 3.05) is 33.0 Å². The first-order valence-electron chi connectivity index (χ1n) is 8.65. The highest BCUT2D eigenvalue weighted by Gasteiger charge is 2.19. The van der Waals surface area contributed by atoms with Gasteiger partial charge in [-0.1, -0.05) is 0 Å². The summed E-state index contributed by atoms with van der Waals surface area (Å²) in [6.45, 7) is 4.03. The summed E-state index contributed by atoms with van der Waals surface area (Å²) < 4.78 is 16.2. The molecule has 2 N–H and O–H groups in total. The topological polar surface area (TPSA) is 68.0 Å². The molecule has 0 aliphatic carbocycles. The number of nitrogens with one attached hydrogen (secondary N) is 2. The molecule has 0 bridgehead atoms. The molecule has 0 aromatic carbocycles. The standard InChI is InChI=1S/C17H27N3O3/c1-2-16(23-9-1)3-8-18-17(19-14-4-10-21-11-5-14)20-15-6-12-22-13-7-15/h1-2,9,14-15H,3-8,10-13H2,(H2,18,19,20). The molecule has 1 aromatic heterocycles. The predicted molar refractivity (Wildman–Crippen MR) is 88.7 cm³/mol. The molecular formula is C17H27N3O3. The SMILES string of the molecule is c1coc(CCN=C(NC2CCOCC2)NC2CCOCC2)c1. The van der Waals surface area contributed by atoms with Gasteiger partial charge in [-0.2, -0.15) is 0 Å². The molecule has 3 rings (SSSR count). The molecule has 3 heterocycles. The van der Waals surface area contributed by atoms with Crippen LogP contribution in [0.1, 0.15) is 31.4 Å². The third-order valence-corrected chi connectivity index (χ3v) is 4.33. The molecule has 0 amide bonds. The highest BCUT2D eigenvalue weighted by Crippen LogP contribution is 2.09. The Balaban J connectivity index is 1.54. The fourth-order valence-corrected chi connectivity index (χ4v) is 2.94. The van der Waals surface area contributed by atoms with Gasteiger partial charge in [0, 0.05) is 51.5 Å². The molecule has 2 aliphatic rings. The van der Waals surface area contributed by atoms with Crippen LogP contribution in [0.5, 0.6) is 0 Å². The van der Waals surface area contributed by atoms with E-state index < -0.39 is 0 Å². The first kappa shape index (κ1) is 16.3. The summed E-state index contributed by atoms with van der Waals surface area (Å²) in [5.41, 5.74) is 0. The van der Waals surface area contributed by atoms with Crippen molar-refractivity contribution in [3.8, 4) is 0 Å². The third kappa shape index (κ3) is 5.55. The van der Waals surface area contributed by atoms with E-state index >= 15 is 0 Å². The Kier molecular flexibility index (Phi) is 6.34. The minimum Gasteiger partial charge on any atom is -0.469 e. The lowest BCUT2D eigenvalue weighted by Crippen LogP contribution is -2.50. The van der Waals surface area contributed by atoms with Crippen LogP contribution in [0, 0.1) is 0 Å². The van der Waals surface area contributed by atoms with Crippen molar-refractivity contribution in [3.05, 3.63) is 24.2 Å². The molecule has 0 radical (unpaired) electrons. The molecule has 0 saturated carbocycles. The molecule has 6 nitrogen and oxygen atoms in total. The van der Waals surface area contributed by atoms with E-state index in [1.807, 2.05) is 12.1 Å². The maximum atomic E-state index is 5.43. The lowest BCUT2D eigenvalue weighted by atomic mass is 10.1. The molecule has 128 valence electrons. The van der Waals surface area contributed by atoms with E-state index in [4.69, 9.17) is 18.9 Å². The quantitative estimate of drug-likeness (QED) is 0.638. The smallest absolute Gasteiger partial charge is 0.191 e. The van der Waals surface area contributed by atoms with Crippen LogP contribution in [0.2, 0.25) is 0 Å². The fourth-order valence-electron chi connectivity index (χ4n) is 2.94. The molecular weight excluding hydrogens is 294 g/mol. The highest BCUT2D eigenvalue weighted by atomic mass is 16.5. The van der Waals surface area contributed by atoms with Gasteiger partial charge < -0.3 is 24.5 Å². The Labute approximate surface area is 137 Å². The molecule has 1 aromatic rings. The van der Waals surface area contributed by atoms with Gasteiger partial charge in [0.25, 0.3) is 0 Å². The van der Waals surface area contributed by atoms with Crippen molar-refractivity contribution in [2.45, 2.75) is 44.2 Å². The first-order valence-corrected chi connectivity index (χ1v) is 8.65. The van der Waals surface area contributed by atoms with Crippen molar-refractivity contribution < 1.29 is 13.9 Å². The summed E-state index contributed by atoms with van der Waals surface area (Å²) in [6, 6.07) is 4.80. The lowest BCUT2D eigenvalue weighted by molar-refractivity contribution is 0.0789. The summed E-state index contributed by atoms with van der Waals surface area (Å²) >= 11 is 0. The van der Waals surface area contributed by atoms with Crippen molar-refractivity contribution in [1.29, 1.82) is 0 Å². The van der Waals surface area contributed by atoms with Crippen LogP contribution in [0.25, 0.3) is 0 Å². The fraction of sp³-hybridized carbons (Fsp3) is 0.706. The summed E-state index contributed by atoms with van der Waals surface area (Å²) in [5.74, 6) is 1.89.